The van der Waals surface area contributed by atoms with E-state index in [0.717, 1.165) is 10.6 Å². The Morgan fingerprint density at radius 1 is 0.968 bits per heavy atom. The number of nitrogens with two attached hydrogens (primary N) is 1. The van der Waals surface area contributed by atoms with Crippen molar-refractivity contribution >= 4 is 36.1 Å². The fourth-order valence-electron chi connectivity index (χ4n) is 2.14. The molecule has 0 aromatic heterocycles. The molecule has 7 N–H and O–H groups in total. The highest BCUT2D eigenvalue weighted by Crippen LogP contribution is 2.02. The molecule has 0 aliphatic rings. The summed E-state index contributed by atoms with van der Waals surface area (Å²) >= 11 is 0. The first-order valence-electron chi connectivity index (χ1n) is 9.14. The highest BCUT2D eigenvalue weighted by atomic mass is 16.2. The zero-order valence-corrected chi connectivity index (χ0v) is 16.8. The number of benzene rings is 1. The second-order valence-electron chi connectivity index (χ2n) is 6.23. The lowest BCUT2D eigenvalue weighted by molar-refractivity contribution is -0.128. The average molecular weight is 435 g/mol. The van der Waals surface area contributed by atoms with E-state index in [1.807, 2.05) is 0 Å². The van der Waals surface area contributed by atoms with Crippen LogP contribution < -0.4 is 32.4 Å². The summed E-state index contributed by atoms with van der Waals surface area (Å²) in [7, 11) is 0. The Balaban J connectivity index is 2.42. The van der Waals surface area contributed by atoms with Crippen LogP contribution >= 0.6 is 0 Å². The quantitative estimate of drug-likeness (QED) is 0.150. The molecule has 0 aliphatic carbocycles. The van der Waals surface area contributed by atoms with Crippen molar-refractivity contribution < 1.29 is 28.8 Å². The zero-order chi connectivity index (χ0) is 23.2. The van der Waals surface area contributed by atoms with Gasteiger partial charge in [0, 0.05) is 0 Å². The summed E-state index contributed by atoms with van der Waals surface area (Å²) < 4.78 is 0. The number of hydrogen-bond acceptors (Lipinski definition) is 6. The Bertz CT molecular complexity index is 802. The van der Waals surface area contributed by atoms with Gasteiger partial charge in [-0.1, -0.05) is 30.3 Å². The summed E-state index contributed by atoms with van der Waals surface area (Å²) in [6.45, 7) is 0.259. The third-order valence-electron chi connectivity index (χ3n) is 3.70. The monoisotopic (exact) mass is 435 g/mol. The van der Waals surface area contributed by atoms with E-state index in [1.165, 1.54) is 6.92 Å². The van der Waals surface area contributed by atoms with Crippen LogP contribution in [0.5, 0.6) is 0 Å². The highest BCUT2D eigenvalue weighted by Gasteiger charge is 2.20. The van der Waals surface area contributed by atoms with Crippen LogP contribution in [0.15, 0.2) is 30.3 Å². The minimum atomic E-state index is -1.02. The molecule has 168 valence electrons. The Kier molecular flexibility index (Phi) is 10.5. The maximum absolute atomic E-state index is 12.3. The van der Waals surface area contributed by atoms with Gasteiger partial charge in [-0.15, -0.1) is 0 Å². The number of hydrogen-bond donors (Lipinski definition) is 6. The first-order valence-corrected chi connectivity index (χ1v) is 9.14. The molecule has 13 heteroatoms. The van der Waals surface area contributed by atoms with E-state index in [9.17, 15) is 28.8 Å². The van der Waals surface area contributed by atoms with Crippen LogP contribution in [0.4, 0.5) is 4.79 Å². The van der Waals surface area contributed by atoms with Crippen molar-refractivity contribution in [2.24, 2.45) is 5.73 Å². The van der Waals surface area contributed by atoms with Crippen molar-refractivity contribution in [3.63, 3.8) is 0 Å². The van der Waals surface area contributed by atoms with E-state index in [-0.39, 0.29) is 13.1 Å². The summed E-state index contributed by atoms with van der Waals surface area (Å²) in [6.07, 6.45) is 0.331. The number of carbonyl (C=O) groups is 6. The van der Waals surface area contributed by atoms with Gasteiger partial charge in [-0.05, 0) is 12.5 Å². The predicted octanol–water partition coefficient (Wildman–Crippen LogP) is -2.92. The molecular weight excluding hydrogens is 410 g/mol. The number of urea groups is 1. The van der Waals surface area contributed by atoms with E-state index >= 15 is 0 Å². The lowest BCUT2D eigenvalue weighted by Crippen LogP contribution is -2.54. The van der Waals surface area contributed by atoms with Crippen molar-refractivity contribution in [1.29, 1.82) is 0 Å². The molecule has 1 atom stereocenters. The molecule has 1 aromatic carbocycles. The molecule has 0 radical (unpaired) electrons. The van der Waals surface area contributed by atoms with Gasteiger partial charge in [0.2, 0.25) is 30.0 Å². The number of rotatable bonds is 12. The van der Waals surface area contributed by atoms with Crippen molar-refractivity contribution in [3.05, 3.63) is 35.9 Å². The molecule has 1 aromatic rings. The van der Waals surface area contributed by atoms with Crippen molar-refractivity contribution in [2.75, 3.05) is 19.6 Å². The highest BCUT2D eigenvalue weighted by molar-refractivity contribution is 5.91. The molecule has 0 aliphatic heterocycles. The van der Waals surface area contributed by atoms with Gasteiger partial charge < -0.3 is 27.0 Å². The summed E-state index contributed by atoms with van der Waals surface area (Å²) in [5.74, 6) is -2.67. The van der Waals surface area contributed by atoms with Gasteiger partial charge in [0.25, 0.3) is 0 Å². The SMILES string of the molecule is CC(NC(=O)N(Cc1ccccc1)NC=O)C(=O)NCC(=O)NCC(=O)NCC(N)=O. The maximum Gasteiger partial charge on any atom is 0.337 e. The average Bonchev–Trinajstić information content (AvgIpc) is 2.74. The molecule has 0 heterocycles. The summed E-state index contributed by atoms with van der Waals surface area (Å²) in [5.41, 5.74) is 7.87. The Morgan fingerprint density at radius 3 is 2.13 bits per heavy atom. The fraction of sp³-hybridized carbons (Fsp3) is 0.333. The van der Waals surface area contributed by atoms with Crippen LogP contribution in [0.1, 0.15) is 12.5 Å². The molecule has 1 unspecified atom stereocenters. The Morgan fingerprint density at radius 2 is 1.55 bits per heavy atom. The molecule has 7 amide bonds. The first kappa shape index (κ1) is 24.9. The molecule has 13 nitrogen and oxygen atoms in total. The van der Waals surface area contributed by atoms with E-state index < -0.39 is 48.8 Å². The summed E-state index contributed by atoms with van der Waals surface area (Å²) in [5, 5.41) is 10.1. The molecule has 0 fully saturated rings. The van der Waals surface area contributed by atoms with Crippen LogP contribution in [-0.4, -0.2) is 66.8 Å². The lowest BCUT2D eigenvalue weighted by atomic mass is 10.2. The third kappa shape index (κ3) is 10.3. The second-order valence-corrected chi connectivity index (χ2v) is 6.23. The summed E-state index contributed by atoms with van der Waals surface area (Å²) in [4.78, 5) is 68.8. The van der Waals surface area contributed by atoms with E-state index in [2.05, 4.69) is 26.7 Å². The normalized spacial score (nSPS) is 10.7. The van der Waals surface area contributed by atoms with Crippen LogP contribution in [0.3, 0.4) is 0 Å². The van der Waals surface area contributed by atoms with Gasteiger partial charge in [0.15, 0.2) is 0 Å². The van der Waals surface area contributed by atoms with Crippen LogP contribution in [0.2, 0.25) is 0 Å². The van der Waals surface area contributed by atoms with Crippen molar-refractivity contribution in [1.82, 2.24) is 31.7 Å². The molecule has 31 heavy (non-hydrogen) atoms. The van der Waals surface area contributed by atoms with Gasteiger partial charge in [-0.2, -0.15) is 0 Å². The Labute approximate surface area is 178 Å². The molecule has 1 rings (SSSR count). The summed E-state index contributed by atoms with van der Waals surface area (Å²) in [6, 6.07) is 7.12. The van der Waals surface area contributed by atoms with Crippen molar-refractivity contribution in [3.8, 4) is 0 Å². The van der Waals surface area contributed by atoms with E-state index in [0.29, 0.717) is 6.41 Å². The standard InChI is InChI=1S/C18H25N7O6/c1-12(17(30)22-9-16(29)21-8-15(28)20-7-14(19)27)24-18(31)25(23-11-26)10-13-5-3-2-4-6-13/h2-6,11-12H,7-10H2,1H3,(H2,19,27)(H,20,28)(H,21,29)(H,22,30)(H,23,26)(H,24,31). The van der Waals surface area contributed by atoms with Gasteiger partial charge in [-0.25, -0.2) is 9.80 Å². The number of amides is 7. The number of nitrogens with one attached hydrogen (secondary N) is 5. The predicted molar refractivity (Wildman–Crippen MR) is 107 cm³/mol. The first-order chi connectivity index (χ1) is 14.7. The topological polar surface area (TPSA) is 192 Å². The molecular formula is C18H25N7O6. The van der Waals surface area contributed by atoms with E-state index in [1.54, 1.807) is 30.3 Å². The second kappa shape index (κ2) is 13.1. The third-order valence-corrected chi connectivity index (χ3v) is 3.70. The molecule has 0 saturated heterocycles. The van der Waals surface area contributed by atoms with E-state index in [4.69, 9.17) is 5.73 Å². The number of carbonyl (C=O) groups excluding carboxylic acids is 6. The van der Waals surface area contributed by atoms with Crippen LogP contribution in [0, 0.1) is 0 Å². The number of nitrogens with zero attached hydrogens (tertiary/aromatic N) is 1. The van der Waals surface area contributed by atoms with Gasteiger partial charge in [0.1, 0.15) is 6.04 Å². The number of primary amides is 1. The van der Waals surface area contributed by atoms with Crippen LogP contribution in [0.25, 0.3) is 0 Å². The van der Waals surface area contributed by atoms with Gasteiger partial charge >= 0.3 is 6.03 Å². The van der Waals surface area contributed by atoms with Gasteiger partial charge in [0.05, 0.1) is 26.2 Å². The lowest BCUT2D eigenvalue weighted by Gasteiger charge is -2.23. The van der Waals surface area contributed by atoms with Crippen molar-refractivity contribution in [2.45, 2.75) is 19.5 Å². The van der Waals surface area contributed by atoms with Crippen LogP contribution in [-0.2, 0) is 30.5 Å². The molecule has 0 spiro atoms. The smallest absolute Gasteiger partial charge is 0.337 e. The minimum absolute atomic E-state index is 0.0694. The molecule has 0 saturated carbocycles. The fourth-order valence-corrected chi connectivity index (χ4v) is 2.14. The largest absolute Gasteiger partial charge is 0.368 e. The zero-order valence-electron chi connectivity index (χ0n) is 16.8. The maximum atomic E-state index is 12.3. The Hall–Kier alpha value is -4.16. The minimum Gasteiger partial charge on any atom is -0.368 e. The van der Waals surface area contributed by atoms with Gasteiger partial charge in [-0.3, -0.25) is 29.4 Å². The number of hydrazine groups is 1. The molecule has 0 bridgehead atoms.